The average Bonchev–Trinajstić information content (AvgIpc) is 2.80. The highest BCUT2D eigenvalue weighted by Gasteiger charge is 2.44. The van der Waals surface area contributed by atoms with Crippen molar-refractivity contribution >= 4 is 5.78 Å². The molecule has 3 rings (SSSR count). The number of aromatic nitrogens is 3. The van der Waals surface area contributed by atoms with E-state index in [4.69, 9.17) is 9.84 Å². The lowest BCUT2D eigenvalue weighted by atomic mass is 10.0. The van der Waals surface area contributed by atoms with Crippen molar-refractivity contribution in [2.75, 3.05) is 6.61 Å². The third-order valence-electron chi connectivity index (χ3n) is 3.90. The lowest BCUT2D eigenvalue weighted by molar-refractivity contribution is -0.0232. The van der Waals surface area contributed by atoms with Crippen molar-refractivity contribution in [2.24, 2.45) is 0 Å². The highest BCUT2D eigenvalue weighted by atomic mass is 19.1. The van der Waals surface area contributed by atoms with Crippen molar-refractivity contribution in [1.82, 2.24) is 14.4 Å². The Morgan fingerprint density at radius 1 is 1.39 bits per heavy atom. The zero-order chi connectivity index (χ0) is 16.9. The van der Waals surface area contributed by atoms with Gasteiger partial charge < -0.3 is 20.1 Å². The fourth-order valence-corrected chi connectivity index (χ4v) is 2.59. The number of H-pyrrole nitrogens is 1. The van der Waals surface area contributed by atoms with E-state index in [1.54, 1.807) is 0 Å². The monoisotopic (exact) mass is 327 g/mol. The molecule has 0 saturated carbocycles. The zero-order valence-corrected chi connectivity index (χ0v) is 11.9. The van der Waals surface area contributed by atoms with Crippen LogP contribution < -0.4 is 11.1 Å². The topological polar surface area (TPSA) is 137 Å². The third-order valence-corrected chi connectivity index (χ3v) is 3.90. The maximum Gasteiger partial charge on any atom is 0.288 e. The smallest absolute Gasteiger partial charge is 0.288 e. The Morgan fingerprint density at radius 3 is 2.70 bits per heavy atom. The minimum absolute atomic E-state index is 0.0794. The molecule has 4 atom stereocenters. The van der Waals surface area contributed by atoms with E-state index in [1.807, 2.05) is 0 Å². The average molecular weight is 327 g/mol. The normalized spacial score (nSPS) is 27.7. The van der Waals surface area contributed by atoms with Gasteiger partial charge in [-0.05, 0) is 6.92 Å². The van der Waals surface area contributed by atoms with Crippen LogP contribution in [0.25, 0.3) is 5.78 Å². The minimum Gasteiger partial charge on any atom is -0.394 e. The SMILES string of the molecule is Cc1c(F)c(=O)[nH]c2nc(=O)c(C3OC(CO)C(O)C3O)cn12. The Balaban J connectivity index is 2.18. The van der Waals surface area contributed by atoms with E-state index in [0.717, 1.165) is 4.40 Å². The molecule has 1 saturated heterocycles. The van der Waals surface area contributed by atoms with Gasteiger partial charge in [-0.1, -0.05) is 0 Å². The van der Waals surface area contributed by atoms with Crippen molar-refractivity contribution in [2.45, 2.75) is 31.3 Å². The number of aromatic amines is 1. The number of hydrogen-bond acceptors (Lipinski definition) is 7. The number of aliphatic hydroxyl groups is 3. The second kappa shape index (κ2) is 5.49. The van der Waals surface area contributed by atoms with Gasteiger partial charge in [-0.15, -0.1) is 0 Å². The Hall–Kier alpha value is -2.14. The minimum atomic E-state index is -1.45. The van der Waals surface area contributed by atoms with Crippen molar-refractivity contribution in [1.29, 1.82) is 0 Å². The molecule has 1 aliphatic rings. The Bertz CT molecular complexity index is 878. The molecule has 0 bridgehead atoms. The Kier molecular flexibility index (Phi) is 3.76. The van der Waals surface area contributed by atoms with Crippen molar-refractivity contribution in [3.63, 3.8) is 0 Å². The van der Waals surface area contributed by atoms with E-state index >= 15 is 0 Å². The number of halogens is 1. The second-order valence-corrected chi connectivity index (χ2v) is 5.31. The van der Waals surface area contributed by atoms with Gasteiger partial charge in [0.2, 0.25) is 11.6 Å². The molecule has 3 heterocycles. The first-order valence-corrected chi connectivity index (χ1v) is 6.79. The fraction of sp³-hybridized carbons (Fsp3) is 0.462. The summed E-state index contributed by atoms with van der Waals surface area (Å²) in [7, 11) is 0. The van der Waals surface area contributed by atoms with Crippen LogP contribution in [0.4, 0.5) is 4.39 Å². The highest BCUT2D eigenvalue weighted by molar-refractivity contribution is 5.32. The van der Waals surface area contributed by atoms with E-state index in [-0.39, 0.29) is 17.0 Å². The summed E-state index contributed by atoms with van der Waals surface area (Å²) < 4.78 is 20.1. The molecule has 1 fully saturated rings. The highest BCUT2D eigenvalue weighted by Crippen LogP contribution is 2.31. The predicted molar refractivity (Wildman–Crippen MR) is 73.5 cm³/mol. The molecular formula is C13H14FN3O6. The first kappa shape index (κ1) is 15.7. The number of fused-ring (bicyclic) bond motifs is 1. The standard InChI is InChI=1S/C13H14FN3O6/c1-4-7(14)12(22)16-13-15-11(21)5(2-17(4)13)10-9(20)8(19)6(3-18)23-10/h2,6,8-10,18-20H,3H2,1H3,(H,15,16,21,22). The molecule has 4 unspecified atom stereocenters. The first-order valence-electron chi connectivity index (χ1n) is 6.79. The summed E-state index contributed by atoms with van der Waals surface area (Å²) in [4.78, 5) is 29.2. The van der Waals surface area contributed by atoms with Crippen LogP contribution in [0.3, 0.4) is 0 Å². The van der Waals surface area contributed by atoms with E-state index in [9.17, 15) is 24.2 Å². The van der Waals surface area contributed by atoms with Gasteiger partial charge in [-0.2, -0.15) is 9.37 Å². The molecular weight excluding hydrogens is 313 g/mol. The van der Waals surface area contributed by atoms with E-state index in [2.05, 4.69) is 9.97 Å². The van der Waals surface area contributed by atoms with E-state index in [0.29, 0.717) is 0 Å². The maximum atomic E-state index is 13.7. The van der Waals surface area contributed by atoms with E-state index in [1.165, 1.54) is 13.1 Å². The van der Waals surface area contributed by atoms with Crippen LogP contribution in [-0.2, 0) is 4.74 Å². The molecule has 23 heavy (non-hydrogen) atoms. The molecule has 0 amide bonds. The second-order valence-electron chi connectivity index (χ2n) is 5.31. The quantitative estimate of drug-likeness (QED) is 0.500. The number of nitrogens with zero attached hydrogens (tertiary/aromatic N) is 2. The molecule has 0 spiro atoms. The molecule has 1 aliphatic heterocycles. The molecule has 4 N–H and O–H groups in total. The summed E-state index contributed by atoms with van der Waals surface area (Å²) in [5.41, 5.74) is -2.01. The van der Waals surface area contributed by atoms with Crippen molar-refractivity contribution in [3.05, 3.63) is 44.0 Å². The van der Waals surface area contributed by atoms with Gasteiger partial charge in [0.15, 0.2) is 0 Å². The van der Waals surface area contributed by atoms with Crippen LogP contribution in [0.15, 0.2) is 15.8 Å². The van der Waals surface area contributed by atoms with Crippen molar-refractivity contribution < 1.29 is 24.4 Å². The Labute approximate surface area is 127 Å². The van der Waals surface area contributed by atoms with Crippen LogP contribution in [0, 0.1) is 12.7 Å². The largest absolute Gasteiger partial charge is 0.394 e. The van der Waals surface area contributed by atoms with Crippen LogP contribution in [0.2, 0.25) is 0 Å². The molecule has 2 aromatic heterocycles. The summed E-state index contributed by atoms with van der Waals surface area (Å²) in [6, 6.07) is 0. The molecule has 0 aliphatic carbocycles. The van der Waals surface area contributed by atoms with Gasteiger partial charge in [0.1, 0.15) is 24.4 Å². The summed E-state index contributed by atoms with van der Waals surface area (Å²) in [5.74, 6) is -1.19. The maximum absolute atomic E-state index is 13.7. The fourth-order valence-electron chi connectivity index (χ4n) is 2.59. The molecule has 0 radical (unpaired) electrons. The van der Waals surface area contributed by atoms with Gasteiger partial charge in [-0.3, -0.25) is 19.0 Å². The predicted octanol–water partition coefficient (Wildman–Crippen LogP) is -2.02. The number of aliphatic hydroxyl groups excluding tert-OH is 3. The molecule has 124 valence electrons. The zero-order valence-electron chi connectivity index (χ0n) is 11.9. The number of hydrogen-bond donors (Lipinski definition) is 4. The molecule has 2 aromatic rings. The number of ether oxygens (including phenoxy) is 1. The van der Waals surface area contributed by atoms with Crippen LogP contribution in [0.1, 0.15) is 17.4 Å². The van der Waals surface area contributed by atoms with Gasteiger partial charge in [0.25, 0.3) is 11.1 Å². The number of rotatable bonds is 2. The lowest BCUT2D eigenvalue weighted by Gasteiger charge is -2.15. The van der Waals surface area contributed by atoms with Gasteiger partial charge in [0.05, 0.1) is 17.9 Å². The van der Waals surface area contributed by atoms with E-state index < -0.39 is 48.0 Å². The summed E-state index contributed by atoms with van der Waals surface area (Å²) in [5, 5.41) is 28.8. The first-order chi connectivity index (χ1) is 10.8. The lowest BCUT2D eigenvalue weighted by Crippen LogP contribution is -2.33. The van der Waals surface area contributed by atoms with Gasteiger partial charge >= 0.3 is 0 Å². The van der Waals surface area contributed by atoms with Gasteiger partial charge in [0, 0.05) is 6.20 Å². The van der Waals surface area contributed by atoms with Crippen molar-refractivity contribution in [3.8, 4) is 0 Å². The van der Waals surface area contributed by atoms with Crippen LogP contribution in [0.5, 0.6) is 0 Å². The molecule has 9 nitrogen and oxygen atoms in total. The van der Waals surface area contributed by atoms with Crippen LogP contribution in [-0.4, -0.2) is 54.6 Å². The number of nitrogens with one attached hydrogen (secondary N) is 1. The Morgan fingerprint density at radius 2 is 2.09 bits per heavy atom. The third kappa shape index (κ3) is 2.36. The number of aryl methyl sites for hydroxylation is 1. The van der Waals surface area contributed by atoms with Gasteiger partial charge in [-0.25, -0.2) is 0 Å². The summed E-state index contributed by atoms with van der Waals surface area (Å²) >= 11 is 0. The van der Waals surface area contributed by atoms with Crippen LogP contribution >= 0.6 is 0 Å². The summed E-state index contributed by atoms with van der Waals surface area (Å²) in [6.07, 6.45) is -3.93. The summed E-state index contributed by atoms with van der Waals surface area (Å²) in [6.45, 7) is 0.781. The molecule has 0 aromatic carbocycles. The molecule has 10 heteroatoms.